The van der Waals surface area contributed by atoms with Crippen LogP contribution in [0.25, 0.3) is 11.4 Å². The van der Waals surface area contributed by atoms with E-state index in [-0.39, 0.29) is 11.4 Å². The fraction of sp³-hybridized carbons (Fsp3) is 0.409. The molecule has 2 aromatic heterocycles. The Morgan fingerprint density at radius 3 is 2.62 bits per heavy atom. The van der Waals surface area contributed by atoms with Crippen LogP contribution in [0.2, 0.25) is 0 Å². The highest BCUT2D eigenvalue weighted by molar-refractivity contribution is 7.89. The molecule has 1 fully saturated rings. The van der Waals surface area contributed by atoms with E-state index in [0.717, 1.165) is 22.9 Å². The van der Waals surface area contributed by atoms with E-state index in [4.69, 9.17) is 4.74 Å². The minimum atomic E-state index is -3.58. The molecular formula is C22H28N6O3S. The second-order valence-corrected chi connectivity index (χ2v) is 9.78. The van der Waals surface area contributed by atoms with Crippen LogP contribution in [0, 0.1) is 12.8 Å². The van der Waals surface area contributed by atoms with Gasteiger partial charge in [0.25, 0.3) is 0 Å². The van der Waals surface area contributed by atoms with E-state index < -0.39 is 10.0 Å². The van der Waals surface area contributed by atoms with Gasteiger partial charge in [0.05, 0.1) is 17.2 Å². The summed E-state index contributed by atoms with van der Waals surface area (Å²) in [6.07, 6.45) is 4.20. The largest absolute Gasteiger partial charge is 0.383 e. The van der Waals surface area contributed by atoms with E-state index >= 15 is 0 Å². The molecule has 1 saturated carbocycles. The molecule has 0 spiro atoms. The summed E-state index contributed by atoms with van der Waals surface area (Å²) in [5, 5.41) is 3.14. The van der Waals surface area contributed by atoms with Crippen molar-refractivity contribution in [2.24, 2.45) is 5.92 Å². The average molecular weight is 457 g/mol. The molecular weight excluding hydrogens is 428 g/mol. The molecule has 4 rings (SSSR count). The number of nitrogens with zero attached hydrogens (tertiary/aromatic N) is 3. The normalized spacial score (nSPS) is 15.0. The Morgan fingerprint density at radius 1 is 1.19 bits per heavy atom. The summed E-state index contributed by atoms with van der Waals surface area (Å²) in [5.74, 6) is 2.39. The van der Waals surface area contributed by atoms with Gasteiger partial charge in [-0.2, -0.15) is 0 Å². The lowest BCUT2D eigenvalue weighted by atomic mass is 9.99. The number of hydrogen-bond donors (Lipinski definition) is 3. The molecule has 170 valence electrons. The van der Waals surface area contributed by atoms with Gasteiger partial charge in [0, 0.05) is 37.2 Å². The van der Waals surface area contributed by atoms with Crippen LogP contribution >= 0.6 is 0 Å². The zero-order chi connectivity index (χ0) is 22.7. The molecule has 1 aliphatic carbocycles. The van der Waals surface area contributed by atoms with E-state index in [2.05, 4.69) is 36.9 Å². The van der Waals surface area contributed by atoms with Gasteiger partial charge >= 0.3 is 0 Å². The number of aromatic amines is 1. The van der Waals surface area contributed by atoms with E-state index in [1.165, 1.54) is 32.1 Å². The average Bonchev–Trinajstić information content (AvgIpc) is 3.55. The van der Waals surface area contributed by atoms with E-state index in [9.17, 15) is 8.42 Å². The third-order valence-electron chi connectivity index (χ3n) is 5.55. The van der Waals surface area contributed by atoms with Gasteiger partial charge in [0.15, 0.2) is 0 Å². The number of aryl methyl sites for hydroxylation is 1. The zero-order valence-electron chi connectivity index (χ0n) is 18.4. The predicted molar refractivity (Wildman–Crippen MR) is 122 cm³/mol. The number of ether oxygens (including phenoxy) is 1. The molecule has 3 N–H and O–H groups in total. The van der Waals surface area contributed by atoms with Gasteiger partial charge in [0.2, 0.25) is 16.0 Å². The van der Waals surface area contributed by atoms with Crippen molar-refractivity contribution in [3.05, 3.63) is 48.0 Å². The number of methoxy groups -OCH3 is 1. The van der Waals surface area contributed by atoms with Crippen LogP contribution in [-0.4, -0.2) is 48.6 Å². The van der Waals surface area contributed by atoms with Crippen molar-refractivity contribution in [2.45, 2.75) is 37.5 Å². The summed E-state index contributed by atoms with van der Waals surface area (Å²) in [7, 11) is -2.06. The number of anilines is 2. The van der Waals surface area contributed by atoms with E-state index in [0.29, 0.717) is 30.1 Å². The van der Waals surface area contributed by atoms with Crippen molar-refractivity contribution in [1.82, 2.24) is 24.7 Å². The van der Waals surface area contributed by atoms with Crippen LogP contribution in [0.1, 0.15) is 37.2 Å². The Hall–Kier alpha value is -2.82. The van der Waals surface area contributed by atoms with Crippen LogP contribution in [0.4, 0.5) is 11.6 Å². The standard InChI is InChI=1S/C22H28N6O3S/c1-14(16-4-5-16)20-21(26-15(2)25-20)19-10-11-23-22(28-19)27-17-6-8-18(9-7-17)32(29,30)24-12-13-31-3/h6-11,14,16,24H,4-5,12-13H2,1-3H3,(H,25,26)(H,23,27,28). The molecule has 32 heavy (non-hydrogen) atoms. The first-order chi connectivity index (χ1) is 15.4. The van der Waals surface area contributed by atoms with Gasteiger partial charge in [-0.3, -0.25) is 0 Å². The maximum Gasteiger partial charge on any atom is 0.240 e. The minimum absolute atomic E-state index is 0.180. The van der Waals surface area contributed by atoms with Crippen LogP contribution in [0.5, 0.6) is 0 Å². The Morgan fingerprint density at radius 2 is 1.94 bits per heavy atom. The molecule has 2 heterocycles. The second-order valence-electron chi connectivity index (χ2n) is 8.02. The fourth-order valence-electron chi connectivity index (χ4n) is 3.63. The Kier molecular flexibility index (Phi) is 6.54. The maximum atomic E-state index is 12.3. The second kappa shape index (κ2) is 9.35. The maximum absolute atomic E-state index is 12.3. The van der Waals surface area contributed by atoms with Gasteiger partial charge in [-0.15, -0.1) is 0 Å². The van der Waals surface area contributed by atoms with Gasteiger partial charge in [-0.1, -0.05) is 6.92 Å². The third-order valence-corrected chi connectivity index (χ3v) is 7.03. The lowest BCUT2D eigenvalue weighted by Crippen LogP contribution is -2.27. The lowest BCUT2D eigenvalue weighted by molar-refractivity contribution is 0.204. The molecule has 3 aromatic rings. The van der Waals surface area contributed by atoms with Crippen molar-refractivity contribution in [2.75, 3.05) is 25.6 Å². The van der Waals surface area contributed by atoms with Gasteiger partial charge in [-0.05, 0) is 56.0 Å². The van der Waals surface area contributed by atoms with Crippen molar-refractivity contribution < 1.29 is 13.2 Å². The van der Waals surface area contributed by atoms with Crippen LogP contribution < -0.4 is 10.0 Å². The SMILES string of the molecule is COCCNS(=O)(=O)c1ccc(Nc2nccc(-c3nc(C)[nH]c3C(C)C3CC3)n2)cc1. The highest BCUT2D eigenvalue weighted by Crippen LogP contribution is 2.44. The third kappa shape index (κ3) is 5.14. The summed E-state index contributed by atoms with van der Waals surface area (Å²) in [6, 6.07) is 8.29. The molecule has 1 aromatic carbocycles. The van der Waals surface area contributed by atoms with Crippen molar-refractivity contribution in [3.8, 4) is 11.4 Å². The summed E-state index contributed by atoms with van der Waals surface area (Å²) < 4.78 is 32.0. The monoisotopic (exact) mass is 456 g/mol. The first-order valence-corrected chi connectivity index (χ1v) is 12.1. The molecule has 1 unspecified atom stereocenters. The molecule has 0 bridgehead atoms. The van der Waals surface area contributed by atoms with E-state index in [1.807, 2.05) is 13.0 Å². The molecule has 0 amide bonds. The number of nitrogens with one attached hydrogen (secondary N) is 3. The Balaban J connectivity index is 1.50. The number of H-pyrrole nitrogens is 1. The Labute approximate surface area is 188 Å². The van der Waals surface area contributed by atoms with E-state index in [1.54, 1.807) is 18.3 Å². The highest BCUT2D eigenvalue weighted by atomic mass is 32.2. The molecule has 10 heteroatoms. The molecule has 0 saturated heterocycles. The number of aromatic nitrogens is 4. The van der Waals surface area contributed by atoms with Crippen LogP contribution in [-0.2, 0) is 14.8 Å². The molecule has 0 radical (unpaired) electrons. The van der Waals surface area contributed by atoms with Crippen molar-refractivity contribution in [3.63, 3.8) is 0 Å². The number of sulfonamides is 1. The first-order valence-electron chi connectivity index (χ1n) is 10.6. The summed E-state index contributed by atoms with van der Waals surface area (Å²) in [5.41, 5.74) is 3.40. The quantitative estimate of drug-likeness (QED) is 0.400. The molecule has 1 aliphatic rings. The minimum Gasteiger partial charge on any atom is -0.383 e. The predicted octanol–water partition coefficient (Wildman–Crippen LogP) is 3.36. The fourth-order valence-corrected chi connectivity index (χ4v) is 4.64. The van der Waals surface area contributed by atoms with Crippen molar-refractivity contribution >= 4 is 21.7 Å². The number of rotatable bonds is 10. The molecule has 0 aliphatic heterocycles. The number of benzene rings is 1. The summed E-state index contributed by atoms with van der Waals surface area (Å²) in [4.78, 5) is 17.2. The molecule has 9 nitrogen and oxygen atoms in total. The topological polar surface area (TPSA) is 122 Å². The lowest BCUT2D eigenvalue weighted by Gasteiger charge is -2.11. The van der Waals surface area contributed by atoms with Gasteiger partial charge in [0.1, 0.15) is 11.5 Å². The van der Waals surface area contributed by atoms with Gasteiger partial charge in [-0.25, -0.2) is 28.1 Å². The highest BCUT2D eigenvalue weighted by Gasteiger charge is 2.32. The summed E-state index contributed by atoms with van der Waals surface area (Å²) in [6.45, 7) is 4.71. The van der Waals surface area contributed by atoms with Crippen LogP contribution in [0.15, 0.2) is 41.4 Å². The first kappa shape index (κ1) is 22.4. The van der Waals surface area contributed by atoms with Gasteiger partial charge < -0.3 is 15.0 Å². The zero-order valence-corrected chi connectivity index (χ0v) is 19.2. The smallest absolute Gasteiger partial charge is 0.240 e. The Bertz CT molecular complexity index is 1170. The summed E-state index contributed by atoms with van der Waals surface area (Å²) >= 11 is 0. The number of hydrogen-bond acceptors (Lipinski definition) is 7. The molecule has 1 atom stereocenters. The van der Waals surface area contributed by atoms with Crippen molar-refractivity contribution in [1.29, 1.82) is 0 Å². The number of imidazole rings is 1. The van der Waals surface area contributed by atoms with Crippen LogP contribution in [0.3, 0.4) is 0 Å².